The summed E-state index contributed by atoms with van der Waals surface area (Å²) in [4.78, 5) is 0.986. The Morgan fingerprint density at radius 3 is 2.62 bits per heavy atom. The van der Waals surface area contributed by atoms with Crippen molar-refractivity contribution >= 4 is 34.5 Å². The van der Waals surface area contributed by atoms with Crippen LogP contribution in [0.2, 0.25) is 9.36 Å². The highest BCUT2D eigenvalue weighted by Crippen LogP contribution is 2.24. The van der Waals surface area contributed by atoms with Crippen molar-refractivity contribution in [1.82, 2.24) is 0 Å². The molecule has 2 rings (SSSR count). The molecule has 16 heavy (non-hydrogen) atoms. The molecule has 0 fully saturated rings. The molecular formula is C11H7Cl2FOS. The number of thiophene rings is 1. The van der Waals surface area contributed by atoms with Gasteiger partial charge in [0.05, 0.1) is 9.36 Å². The summed E-state index contributed by atoms with van der Waals surface area (Å²) in [5.41, 5.74) is 0. The molecule has 1 heterocycles. The van der Waals surface area contributed by atoms with Crippen molar-refractivity contribution in [3.05, 3.63) is 50.4 Å². The normalized spacial score (nSPS) is 10.4. The largest absolute Gasteiger partial charge is 0.488 e. The predicted octanol–water partition coefficient (Wildman–Crippen LogP) is 4.77. The molecule has 0 radical (unpaired) electrons. The molecule has 0 atom stereocenters. The third-order valence-corrected chi connectivity index (χ3v) is 3.41. The zero-order valence-corrected chi connectivity index (χ0v) is 10.4. The van der Waals surface area contributed by atoms with Gasteiger partial charge >= 0.3 is 0 Å². The van der Waals surface area contributed by atoms with Gasteiger partial charge < -0.3 is 4.74 Å². The van der Waals surface area contributed by atoms with Crippen LogP contribution in [0.1, 0.15) is 4.88 Å². The Balaban J connectivity index is 2.02. The van der Waals surface area contributed by atoms with E-state index in [1.807, 2.05) is 6.07 Å². The van der Waals surface area contributed by atoms with Crippen LogP contribution in [0.3, 0.4) is 0 Å². The van der Waals surface area contributed by atoms with Gasteiger partial charge in [0.25, 0.3) is 0 Å². The minimum Gasteiger partial charge on any atom is -0.488 e. The maximum Gasteiger partial charge on any atom is 0.145 e. The average Bonchev–Trinajstić information content (AvgIpc) is 2.66. The highest BCUT2D eigenvalue weighted by atomic mass is 35.5. The lowest BCUT2D eigenvalue weighted by molar-refractivity contribution is 0.308. The predicted molar refractivity (Wildman–Crippen MR) is 65.1 cm³/mol. The fourth-order valence-corrected chi connectivity index (χ4v) is 2.27. The molecule has 0 saturated carbocycles. The van der Waals surface area contributed by atoms with Crippen LogP contribution in [0.25, 0.3) is 0 Å². The molecule has 0 unspecified atom stereocenters. The summed E-state index contributed by atoms with van der Waals surface area (Å²) in [5.74, 6) is -0.0326. The van der Waals surface area contributed by atoms with Crippen LogP contribution in [0, 0.1) is 5.82 Å². The Bertz CT molecular complexity index is 498. The van der Waals surface area contributed by atoms with Gasteiger partial charge in [0.1, 0.15) is 18.2 Å². The molecule has 1 nitrogen and oxygen atoms in total. The van der Waals surface area contributed by atoms with Gasteiger partial charge in [-0.3, -0.25) is 0 Å². The van der Waals surface area contributed by atoms with Crippen molar-refractivity contribution in [3.63, 3.8) is 0 Å². The molecule has 0 spiro atoms. The first-order valence-corrected chi connectivity index (χ1v) is 6.04. The Morgan fingerprint density at radius 2 is 2.00 bits per heavy atom. The summed E-state index contributed by atoms with van der Waals surface area (Å²) < 4.78 is 19.2. The lowest BCUT2D eigenvalue weighted by atomic mass is 10.3. The van der Waals surface area contributed by atoms with E-state index in [0.717, 1.165) is 4.88 Å². The van der Waals surface area contributed by atoms with Crippen molar-refractivity contribution in [2.75, 3.05) is 0 Å². The van der Waals surface area contributed by atoms with Crippen molar-refractivity contribution in [2.24, 2.45) is 0 Å². The maximum atomic E-state index is 13.1. The molecule has 0 bridgehead atoms. The van der Waals surface area contributed by atoms with Crippen LogP contribution in [-0.4, -0.2) is 0 Å². The van der Waals surface area contributed by atoms with Crippen molar-refractivity contribution in [3.8, 4) is 5.75 Å². The third kappa shape index (κ3) is 2.88. The first-order chi connectivity index (χ1) is 7.65. The summed E-state index contributed by atoms with van der Waals surface area (Å²) in [6, 6.07) is 8.03. The van der Waals surface area contributed by atoms with Gasteiger partial charge in [-0.2, -0.15) is 0 Å². The lowest BCUT2D eigenvalue weighted by Crippen LogP contribution is -1.93. The number of rotatable bonds is 3. The monoisotopic (exact) mass is 276 g/mol. The standard InChI is InChI=1S/C11H7Cl2FOS/c12-9-3-1-7(5-10(9)14)15-6-8-2-4-11(13)16-8/h1-5H,6H2. The van der Waals surface area contributed by atoms with Crippen LogP contribution >= 0.6 is 34.5 Å². The number of benzene rings is 1. The summed E-state index contributed by atoms with van der Waals surface area (Å²) >= 11 is 12.8. The smallest absolute Gasteiger partial charge is 0.145 e. The second kappa shape index (κ2) is 5.04. The molecule has 0 amide bonds. The molecule has 84 valence electrons. The number of halogens is 3. The Hall–Kier alpha value is -0.770. The fraction of sp³-hybridized carbons (Fsp3) is 0.0909. The fourth-order valence-electron chi connectivity index (χ4n) is 1.15. The summed E-state index contributed by atoms with van der Waals surface area (Å²) in [5, 5.41) is 0.0894. The first-order valence-electron chi connectivity index (χ1n) is 4.47. The van der Waals surface area contributed by atoms with Gasteiger partial charge in [0.15, 0.2) is 0 Å². The van der Waals surface area contributed by atoms with Crippen molar-refractivity contribution < 1.29 is 9.13 Å². The Kier molecular flexibility index (Phi) is 3.69. The molecule has 1 aromatic heterocycles. The van der Waals surface area contributed by atoms with Crippen LogP contribution in [0.4, 0.5) is 4.39 Å². The summed E-state index contributed by atoms with van der Waals surface area (Å²) in [6.45, 7) is 0.373. The molecule has 0 aliphatic carbocycles. The Morgan fingerprint density at radius 1 is 1.19 bits per heavy atom. The molecule has 0 N–H and O–H groups in total. The topological polar surface area (TPSA) is 9.23 Å². The molecule has 2 aromatic rings. The second-order valence-corrected chi connectivity index (χ2v) is 5.28. The highest BCUT2D eigenvalue weighted by Gasteiger charge is 2.03. The molecular weight excluding hydrogens is 270 g/mol. The van der Waals surface area contributed by atoms with E-state index in [4.69, 9.17) is 27.9 Å². The lowest BCUT2D eigenvalue weighted by Gasteiger charge is -2.04. The van der Waals surface area contributed by atoms with Gasteiger partial charge in [-0.05, 0) is 24.3 Å². The van der Waals surface area contributed by atoms with E-state index in [1.165, 1.54) is 23.5 Å². The number of hydrogen-bond donors (Lipinski definition) is 0. The minimum absolute atomic E-state index is 0.0894. The molecule has 0 aliphatic rings. The van der Waals surface area contributed by atoms with Crippen LogP contribution in [0.5, 0.6) is 5.75 Å². The molecule has 1 aromatic carbocycles. The number of ether oxygens (including phenoxy) is 1. The SMILES string of the molecule is Fc1cc(OCc2ccc(Cl)s2)ccc1Cl. The first kappa shape index (κ1) is 11.7. The van der Waals surface area contributed by atoms with E-state index in [0.29, 0.717) is 16.7 Å². The average molecular weight is 277 g/mol. The van der Waals surface area contributed by atoms with E-state index >= 15 is 0 Å². The summed E-state index contributed by atoms with van der Waals surface area (Å²) in [6.07, 6.45) is 0. The van der Waals surface area contributed by atoms with Gasteiger partial charge in [0.2, 0.25) is 0 Å². The quantitative estimate of drug-likeness (QED) is 0.785. The van der Waals surface area contributed by atoms with Crippen LogP contribution < -0.4 is 4.74 Å². The Labute approximate surface area is 106 Å². The highest BCUT2D eigenvalue weighted by molar-refractivity contribution is 7.16. The van der Waals surface area contributed by atoms with E-state index in [2.05, 4.69) is 0 Å². The molecule has 0 saturated heterocycles. The van der Waals surface area contributed by atoms with Gasteiger partial charge in [-0.25, -0.2) is 4.39 Å². The molecule has 0 aliphatic heterocycles. The van der Waals surface area contributed by atoms with E-state index < -0.39 is 5.82 Å². The number of hydrogen-bond acceptors (Lipinski definition) is 2. The third-order valence-electron chi connectivity index (χ3n) is 1.90. The molecule has 5 heteroatoms. The van der Waals surface area contributed by atoms with Gasteiger partial charge in [-0.1, -0.05) is 23.2 Å². The van der Waals surface area contributed by atoms with Gasteiger partial charge in [-0.15, -0.1) is 11.3 Å². The second-order valence-electron chi connectivity index (χ2n) is 3.07. The van der Waals surface area contributed by atoms with Crippen LogP contribution in [-0.2, 0) is 6.61 Å². The maximum absolute atomic E-state index is 13.1. The van der Waals surface area contributed by atoms with Crippen LogP contribution in [0.15, 0.2) is 30.3 Å². The van der Waals surface area contributed by atoms with Crippen molar-refractivity contribution in [2.45, 2.75) is 6.61 Å². The zero-order valence-electron chi connectivity index (χ0n) is 8.04. The minimum atomic E-state index is -0.483. The van der Waals surface area contributed by atoms with E-state index in [-0.39, 0.29) is 5.02 Å². The van der Waals surface area contributed by atoms with Crippen molar-refractivity contribution in [1.29, 1.82) is 0 Å². The summed E-state index contributed by atoms with van der Waals surface area (Å²) in [7, 11) is 0. The zero-order chi connectivity index (χ0) is 11.5. The van der Waals surface area contributed by atoms with Gasteiger partial charge in [0, 0.05) is 10.9 Å². The van der Waals surface area contributed by atoms with E-state index in [1.54, 1.807) is 12.1 Å². The van der Waals surface area contributed by atoms with E-state index in [9.17, 15) is 4.39 Å².